The van der Waals surface area contributed by atoms with Crippen LogP contribution in [0.25, 0.3) is 11.0 Å². The summed E-state index contributed by atoms with van der Waals surface area (Å²) in [4.78, 5) is 29.6. The highest BCUT2D eigenvalue weighted by molar-refractivity contribution is 5.89. The molecule has 3 aromatic rings. The van der Waals surface area contributed by atoms with Crippen molar-refractivity contribution in [2.24, 2.45) is 0 Å². The number of rotatable bonds is 10. The van der Waals surface area contributed by atoms with E-state index in [1.807, 2.05) is 24.3 Å². The van der Waals surface area contributed by atoms with Gasteiger partial charge in [0.1, 0.15) is 29.6 Å². The second kappa shape index (κ2) is 11.8. The molecule has 2 amide bonds. The van der Waals surface area contributed by atoms with Crippen molar-refractivity contribution in [2.45, 2.75) is 63.3 Å². The molecule has 0 bridgehead atoms. The molecule has 1 aliphatic carbocycles. The lowest BCUT2D eigenvalue weighted by Gasteiger charge is -2.34. The second-order valence-electron chi connectivity index (χ2n) is 9.96. The first-order chi connectivity index (χ1) is 18.6. The van der Waals surface area contributed by atoms with Crippen molar-refractivity contribution in [3.63, 3.8) is 0 Å². The van der Waals surface area contributed by atoms with Gasteiger partial charge in [0, 0.05) is 25.3 Å². The summed E-state index contributed by atoms with van der Waals surface area (Å²) in [5, 5.41) is 11.6. The van der Waals surface area contributed by atoms with E-state index in [4.69, 9.17) is 14.2 Å². The fraction of sp³-hybridized carbons (Fsp3) is 0.500. The topological polar surface area (TPSA) is 108 Å². The van der Waals surface area contributed by atoms with Crippen molar-refractivity contribution < 1.29 is 23.8 Å². The zero-order valence-corrected chi connectivity index (χ0v) is 22.0. The zero-order valence-electron chi connectivity index (χ0n) is 22.0. The molecular weight excluding hydrogens is 486 g/mol. The number of para-hydroxylation sites is 1. The monoisotopic (exact) mass is 521 g/mol. The highest BCUT2D eigenvalue weighted by Crippen LogP contribution is 2.32. The van der Waals surface area contributed by atoms with Crippen molar-refractivity contribution in [1.82, 2.24) is 25.2 Å². The van der Waals surface area contributed by atoms with E-state index in [1.165, 1.54) is 0 Å². The zero-order chi connectivity index (χ0) is 26.5. The van der Waals surface area contributed by atoms with Crippen LogP contribution in [0.1, 0.15) is 50.1 Å². The number of amides is 2. The van der Waals surface area contributed by atoms with Gasteiger partial charge < -0.3 is 24.4 Å². The van der Waals surface area contributed by atoms with Crippen LogP contribution in [0.4, 0.5) is 0 Å². The summed E-state index contributed by atoms with van der Waals surface area (Å²) in [6, 6.07) is 12.0. The molecule has 1 aliphatic heterocycles. The molecule has 2 heterocycles. The maximum absolute atomic E-state index is 14.0. The van der Waals surface area contributed by atoms with Gasteiger partial charge >= 0.3 is 0 Å². The van der Waals surface area contributed by atoms with E-state index in [0.717, 1.165) is 44.0 Å². The van der Waals surface area contributed by atoms with Crippen LogP contribution in [0.2, 0.25) is 0 Å². The molecule has 0 unspecified atom stereocenters. The molecule has 1 aromatic heterocycles. The molecule has 0 spiro atoms. The summed E-state index contributed by atoms with van der Waals surface area (Å²) in [6.45, 7) is 0.877. The smallest absolute Gasteiger partial charge is 0.247 e. The summed E-state index contributed by atoms with van der Waals surface area (Å²) in [7, 11) is 3.13. The number of nitrogens with zero attached hydrogens (tertiary/aromatic N) is 4. The Bertz CT molecular complexity index is 1240. The maximum Gasteiger partial charge on any atom is 0.247 e. The van der Waals surface area contributed by atoms with Gasteiger partial charge in [-0.05, 0) is 55.5 Å². The fourth-order valence-electron chi connectivity index (χ4n) is 5.42. The first-order valence-corrected chi connectivity index (χ1v) is 13.3. The van der Waals surface area contributed by atoms with Gasteiger partial charge in [-0.3, -0.25) is 9.59 Å². The minimum absolute atomic E-state index is 0.0540. The van der Waals surface area contributed by atoms with Crippen molar-refractivity contribution in [2.75, 3.05) is 27.4 Å². The minimum Gasteiger partial charge on any atom is -0.497 e. The molecule has 5 rings (SSSR count). The van der Waals surface area contributed by atoms with Crippen LogP contribution in [-0.2, 0) is 20.9 Å². The predicted molar refractivity (Wildman–Crippen MR) is 141 cm³/mol. The third-order valence-electron chi connectivity index (χ3n) is 7.40. The Hall–Kier alpha value is -3.66. The Kier molecular flexibility index (Phi) is 8.07. The largest absolute Gasteiger partial charge is 0.497 e. The van der Waals surface area contributed by atoms with E-state index in [-0.39, 0.29) is 37.0 Å². The van der Waals surface area contributed by atoms with E-state index in [2.05, 4.69) is 15.6 Å². The normalized spacial score (nSPS) is 18.4. The number of nitrogens with one attached hydrogen (secondary N) is 1. The van der Waals surface area contributed by atoms with Crippen molar-refractivity contribution in [3.05, 3.63) is 48.0 Å². The highest BCUT2D eigenvalue weighted by atomic mass is 16.5. The van der Waals surface area contributed by atoms with Crippen molar-refractivity contribution >= 4 is 22.8 Å². The molecule has 10 nitrogen and oxygen atoms in total. The molecule has 0 radical (unpaired) electrons. The predicted octanol–water partition coefficient (Wildman–Crippen LogP) is 3.26. The maximum atomic E-state index is 14.0. The molecule has 2 aliphatic rings. The number of aromatic nitrogens is 3. The minimum atomic E-state index is -0.897. The van der Waals surface area contributed by atoms with Crippen LogP contribution in [0.15, 0.2) is 42.5 Å². The lowest BCUT2D eigenvalue weighted by Crippen LogP contribution is -2.49. The molecule has 2 atom stereocenters. The molecule has 1 N–H and O–H groups in total. The Morgan fingerprint density at radius 2 is 1.82 bits per heavy atom. The summed E-state index contributed by atoms with van der Waals surface area (Å²) >= 11 is 0. The van der Waals surface area contributed by atoms with Crippen LogP contribution in [0, 0.1) is 0 Å². The van der Waals surface area contributed by atoms with Crippen LogP contribution < -0.4 is 14.8 Å². The van der Waals surface area contributed by atoms with Gasteiger partial charge in [0.25, 0.3) is 0 Å². The van der Waals surface area contributed by atoms with Gasteiger partial charge in [-0.25, -0.2) is 4.68 Å². The number of hydrogen-bond donors (Lipinski definition) is 1. The molecule has 2 fully saturated rings. The number of hydrogen-bond acceptors (Lipinski definition) is 7. The molecule has 2 aromatic carbocycles. The van der Waals surface area contributed by atoms with Gasteiger partial charge in [0.05, 0.1) is 25.8 Å². The van der Waals surface area contributed by atoms with E-state index in [9.17, 15) is 9.59 Å². The van der Waals surface area contributed by atoms with E-state index >= 15 is 0 Å². The van der Waals surface area contributed by atoms with Crippen LogP contribution in [-0.4, -0.2) is 71.2 Å². The van der Waals surface area contributed by atoms with Crippen molar-refractivity contribution in [1.29, 1.82) is 0 Å². The first kappa shape index (κ1) is 26.0. The third kappa shape index (κ3) is 5.75. The number of benzene rings is 2. The van der Waals surface area contributed by atoms with E-state index in [0.29, 0.717) is 29.2 Å². The molecule has 202 valence electrons. The quantitative estimate of drug-likeness (QED) is 0.436. The summed E-state index contributed by atoms with van der Waals surface area (Å²) in [5.74, 6) is 0.626. The molecule has 1 saturated heterocycles. The van der Waals surface area contributed by atoms with Gasteiger partial charge in [-0.2, -0.15) is 0 Å². The van der Waals surface area contributed by atoms with E-state index in [1.54, 1.807) is 42.0 Å². The Morgan fingerprint density at radius 3 is 2.50 bits per heavy atom. The van der Waals surface area contributed by atoms with Crippen LogP contribution in [0.3, 0.4) is 0 Å². The van der Waals surface area contributed by atoms with Crippen LogP contribution >= 0.6 is 0 Å². The number of carbonyl (C=O) groups is 2. The SMILES string of the molecule is COc1cc(OC)cc([C@H](C(=O)NC2CCCC2)N(C[C@@H]2CCCO2)C(=O)Cn2nnc3ccccc32)c1. The highest BCUT2D eigenvalue weighted by Gasteiger charge is 2.36. The number of fused-ring (bicyclic) bond motifs is 1. The molecule has 1 saturated carbocycles. The number of carbonyl (C=O) groups excluding carboxylic acids is 2. The van der Waals surface area contributed by atoms with Gasteiger partial charge in [-0.1, -0.05) is 30.2 Å². The third-order valence-corrected chi connectivity index (χ3v) is 7.40. The average molecular weight is 522 g/mol. The van der Waals surface area contributed by atoms with Crippen molar-refractivity contribution in [3.8, 4) is 11.5 Å². The summed E-state index contributed by atoms with van der Waals surface area (Å²) in [6.07, 6.45) is 5.64. The van der Waals surface area contributed by atoms with Gasteiger partial charge in [0.2, 0.25) is 11.8 Å². The van der Waals surface area contributed by atoms with Gasteiger partial charge in [-0.15, -0.1) is 5.10 Å². The lowest BCUT2D eigenvalue weighted by atomic mass is 10.0. The Balaban J connectivity index is 1.53. The summed E-state index contributed by atoms with van der Waals surface area (Å²) in [5.41, 5.74) is 2.08. The molecular formula is C28H35N5O5. The molecule has 38 heavy (non-hydrogen) atoms. The Morgan fingerprint density at radius 1 is 1.08 bits per heavy atom. The number of methoxy groups -OCH3 is 2. The Labute approximate surface area is 222 Å². The van der Waals surface area contributed by atoms with Gasteiger partial charge in [0.15, 0.2) is 0 Å². The second-order valence-corrected chi connectivity index (χ2v) is 9.96. The first-order valence-electron chi connectivity index (χ1n) is 13.3. The number of ether oxygens (including phenoxy) is 3. The lowest BCUT2D eigenvalue weighted by molar-refractivity contribution is -0.143. The molecule has 10 heteroatoms. The average Bonchev–Trinajstić information content (AvgIpc) is 3.71. The van der Waals surface area contributed by atoms with E-state index < -0.39 is 6.04 Å². The fourth-order valence-corrected chi connectivity index (χ4v) is 5.42. The van der Waals surface area contributed by atoms with Crippen LogP contribution in [0.5, 0.6) is 11.5 Å². The standard InChI is InChI=1S/C28H35N5O5/c1-36-22-14-19(15-23(16-22)37-2)27(28(35)29-20-8-3-4-9-20)32(17-21-10-7-13-38-21)26(34)18-33-25-12-6-5-11-24(25)30-31-33/h5-6,11-12,14-16,20-21,27H,3-4,7-10,13,17-18H2,1-2H3,(H,29,35)/t21-,27+/m0/s1. The summed E-state index contributed by atoms with van der Waals surface area (Å²) < 4.78 is 18.5.